The third-order valence-corrected chi connectivity index (χ3v) is 3.41. The van der Waals surface area contributed by atoms with Crippen molar-refractivity contribution in [1.82, 2.24) is 0 Å². The first-order valence-corrected chi connectivity index (χ1v) is 6.74. The summed E-state index contributed by atoms with van der Waals surface area (Å²) in [7, 11) is 0. The van der Waals surface area contributed by atoms with Crippen molar-refractivity contribution in [2.75, 3.05) is 5.32 Å². The van der Waals surface area contributed by atoms with E-state index in [0.29, 0.717) is 0 Å². The highest BCUT2D eigenvalue weighted by Gasteiger charge is 2.19. The molecule has 2 aromatic rings. The van der Waals surface area contributed by atoms with Crippen LogP contribution in [0.5, 0.6) is 0 Å². The van der Waals surface area contributed by atoms with E-state index in [9.17, 15) is 4.79 Å². The van der Waals surface area contributed by atoms with Crippen LogP contribution in [0.1, 0.15) is 17.2 Å². The summed E-state index contributed by atoms with van der Waals surface area (Å²) >= 11 is 3.40. The second-order valence-electron chi connectivity index (χ2n) is 4.35. The first-order valence-electron chi connectivity index (χ1n) is 5.95. The number of benzene rings is 2. The van der Waals surface area contributed by atoms with Gasteiger partial charge < -0.3 is 11.1 Å². The average Bonchev–Trinajstić information content (AvgIpc) is 2.37. The second kappa shape index (κ2) is 5.89. The highest BCUT2D eigenvalue weighted by Crippen LogP contribution is 2.24. The third kappa shape index (κ3) is 3.35. The van der Waals surface area contributed by atoms with E-state index in [2.05, 4.69) is 21.2 Å². The molecule has 0 saturated heterocycles. The van der Waals surface area contributed by atoms with Crippen LogP contribution < -0.4 is 11.1 Å². The van der Waals surface area contributed by atoms with Gasteiger partial charge in [0.2, 0.25) is 5.91 Å². The minimum atomic E-state index is -0.532. The van der Waals surface area contributed by atoms with Gasteiger partial charge in [0, 0.05) is 10.2 Å². The Bertz CT molecular complexity index is 598. The van der Waals surface area contributed by atoms with Crippen molar-refractivity contribution in [3.63, 3.8) is 0 Å². The van der Waals surface area contributed by atoms with Crippen LogP contribution in [-0.4, -0.2) is 5.91 Å². The Labute approximate surface area is 121 Å². The zero-order chi connectivity index (χ0) is 13.8. The number of carbonyl (C=O) groups is 1. The lowest BCUT2D eigenvalue weighted by Gasteiger charge is -2.19. The molecule has 2 rings (SSSR count). The van der Waals surface area contributed by atoms with E-state index in [1.54, 1.807) is 0 Å². The predicted molar refractivity (Wildman–Crippen MR) is 80.9 cm³/mol. The number of hydrogen-bond donors (Lipinski definition) is 2. The van der Waals surface area contributed by atoms with Gasteiger partial charge in [0.15, 0.2) is 0 Å². The molecule has 98 valence electrons. The van der Waals surface area contributed by atoms with Crippen molar-refractivity contribution in [3.05, 3.63) is 64.1 Å². The minimum Gasteiger partial charge on any atom is -0.370 e. The van der Waals surface area contributed by atoms with E-state index >= 15 is 0 Å². The van der Waals surface area contributed by atoms with E-state index in [0.717, 1.165) is 21.3 Å². The number of primary amides is 1. The maximum Gasteiger partial charge on any atom is 0.244 e. The minimum absolute atomic E-state index is 0.394. The van der Waals surface area contributed by atoms with E-state index in [1.165, 1.54) is 0 Å². The number of nitrogens with two attached hydrogens (primary N) is 1. The molecular weight excluding hydrogens is 304 g/mol. The van der Waals surface area contributed by atoms with Crippen molar-refractivity contribution in [3.8, 4) is 0 Å². The second-order valence-corrected chi connectivity index (χ2v) is 5.26. The smallest absolute Gasteiger partial charge is 0.244 e. The molecule has 0 saturated carbocycles. The number of carbonyl (C=O) groups excluding carboxylic acids is 1. The number of anilines is 1. The molecule has 19 heavy (non-hydrogen) atoms. The van der Waals surface area contributed by atoms with E-state index < -0.39 is 11.9 Å². The Morgan fingerprint density at radius 1 is 1.21 bits per heavy atom. The van der Waals surface area contributed by atoms with Crippen LogP contribution in [0.15, 0.2) is 53.0 Å². The summed E-state index contributed by atoms with van der Waals surface area (Å²) in [5.41, 5.74) is 8.29. The van der Waals surface area contributed by atoms with E-state index in [4.69, 9.17) is 5.73 Å². The standard InChI is InChI=1S/C15H15BrN2O/c1-10-5-2-3-8-13(10)14(15(17)19)18-12-7-4-6-11(16)9-12/h2-9,14,18H,1H3,(H2,17,19). The number of amides is 1. The fourth-order valence-corrected chi connectivity index (χ4v) is 2.36. The average molecular weight is 319 g/mol. The zero-order valence-electron chi connectivity index (χ0n) is 10.6. The monoisotopic (exact) mass is 318 g/mol. The van der Waals surface area contributed by atoms with Crippen LogP contribution in [-0.2, 0) is 4.79 Å². The molecule has 0 bridgehead atoms. The van der Waals surface area contributed by atoms with Gasteiger partial charge in [-0.15, -0.1) is 0 Å². The third-order valence-electron chi connectivity index (χ3n) is 2.92. The number of aryl methyl sites for hydroxylation is 1. The van der Waals surface area contributed by atoms with Gasteiger partial charge in [0.25, 0.3) is 0 Å². The van der Waals surface area contributed by atoms with Crippen molar-refractivity contribution in [2.24, 2.45) is 5.73 Å². The molecule has 3 N–H and O–H groups in total. The lowest BCUT2D eigenvalue weighted by Crippen LogP contribution is -2.28. The largest absolute Gasteiger partial charge is 0.370 e. The Morgan fingerprint density at radius 2 is 1.95 bits per heavy atom. The maximum absolute atomic E-state index is 11.7. The highest BCUT2D eigenvalue weighted by molar-refractivity contribution is 9.10. The van der Waals surface area contributed by atoms with Crippen LogP contribution in [0, 0.1) is 6.92 Å². The van der Waals surface area contributed by atoms with Crippen LogP contribution >= 0.6 is 15.9 Å². The molecule has 0 aliphatic rings. The normalized spacial score (nSPS) is 11.9. The molecule has 0 heterocycles. The molecule has 1 unspecified atom stereocenters. The summed E-state index contributed by atoms with van der Waals surface area (Å²) in [5, 5.41) is 3.17. The molecule has 0 spiro atoms. The van der Waals surface area contributed by atoms with Crippen molar-refractivity contribution < 1.29 is 4.79 Å². The van der Waals surface area contributed by atoms with Gasteiger partial charge in [0.05, 0.1) is 0 Å². The molecule has 3 nitrogen and oxygen atoms in total. The topological polar surface area (TPSA) is 55.1 Å². The summed E-state index contributed by atoms with van der Waals surface area (Å²) in [6.45, 7) is 1.97. The highest BCUT2D eigenvalue weighted by atomic mass is 79.9. The van der Waals surface area contributed by atoms with Gasteiger partial charge >= 0.3 is 0 Å². The van der Waals surface area contributed by atoms with Gasteiger partial charge in [-0.05, 0) is 36.2 Å². The Kier molecular flexibility index (Phi) is 4.22. The lowest BCUT2D eigenvalue weighted by atomic mass is 10.0. The molecule has 1 amide bonds. The fourth-order valence-electron chi connectivity index (χ4n) is 1.96. The maximum atomic E-state index is 11.7. The fraction of sp³-hybridized carbons (Fsp3) is 0.133. The molecule has 0 fully saturated rings. The van der Waals surface area contributed by atoms with Crippen LogP contribution in [0.3, 0.4) is 0 Å². The van der Waals surface area contributed by atoms with Crippen molar-refractivity contribution in [2.45, 2.75) is 13.0 Å². The number of halogens is 1. The summed E-state index contributed by atoms with van der Waals surface area (Å²) in [5.74, 6) is -0.394. The molecule has 0 radical (unpaired) electrons. The SMILES string of the molecule is Cc1ccccc1C(Nc1cccc(Br)c1)C(N)=O. The van der Waals surface area contributed by atoms with Gasteiger partial charge in [-0.25, -0.2) is 0 Å². The molecule has 4 heteroatoms. The molecule has 1 atom stereocenters. The van der Waals surface area contributed by atoms with Crippen molar-refractivity contribution in [1.29, 1.82) is 0 Å². The number of rotatable bonds is 4. The Balaban J connectivity index is 2.32. The molecule has 2 aromatic carbocycles. The lowest BCUT2D eigenvalue weighted by molar-refractivity contribution is -0.118. The Morgan fingerprint density at radius 3 is 2.58 bits per heavy atom. The molecule has 0 aromatic heterocycles. The van der Waals surface area contributed by atoms with Crippen LogP contribution in [0.25, 0.3) is 0 Å². The Hall–Kier alpha value is -1.81. The van der Waals surface area contributed by atoms with Crippen LogP contribution in [0.2, 0.25) is 0 Å². The molecule has 0 aliphatic carbocycles. The summed E-state index contributed by atoms with van der Waals surface area (Å²) in [4.78, 5) is 11.7. The number of nitrogens with one attached hydrogen (secondary N) is 1. The summed E-state index contributed by atoms with van der Waals surface area (Å²) < 4.78 is 0.950. The van der Waals surface area contributed by atoms with E-state index in [1.807, 2.05) is 55.5 Å². The first kappa shape index (κ1) is 13.6. The zero-order valence-corrected chi connectivity index (χ0v) is 12.1. The van der Waals surface area contributed by atoms with Gasteiger partial charge in [-0.2, -0.15) is 0 Å². The summed E-state index contributed by atoms with van der Waals surface area (Å²) in [6, 6.07) is 14.8. The van der Waals surface area contributed by atoms with Crippen LogP contribution in [0.4, 0.5) is 5.69 Å². The van der Waals surface area contributed by atoms with Gasteiger partial charge in [-0.1, -0.05) is 46.3 Å². The summed E-state index contributed by atoms with van der Waals surface area (Å²) in [6.07, 6.45) is 0. The van der Waals surface area contributed by atoms with Crippen molar-refractivity contribution >= 4 is 27.5 Å². The first-order chi connectivity index (χ1) is 9.08. The molecular formula is C15H15BrN2O. The quantitative estimate of drug-likeness (QED) is 0.907. The predicted octanol–water partition coefficient (Wildman–Crippen LogP) is 3.40. The number of hydrogen-bond acceptors (Lipinski definition) is 2. The van der Waals surface area contributed by atoms with E-state index in [-0.39, 0.29) is 0 Å². The molecule has 0 aliphatic heterocycles. The van der Waals surface area contributed by atoms with Gasteiger partial charge in [0.1, 0.15) is 6.04 Å². The van der Waals surface area contributed by atoms with Gasteiger partial charge in [-0.3, -0.25) is 4.79 Å².